The van der Waals surface area contributed by atoms with Crippen molar-refractivity contribution in [1.29, 1.82) is 0 Å². The standard InChI is InChI=1S/C31H36O7/c1-3-4-7-16-24(32)17-18-25-26(19-20-29(33)36-2)28(38-31(35)23-14-10-6-11-15-23)21-27(25)37-30(34)22-12-8-5-9-13-22/h5-6,8-15,17-18,25-28H,3-4,7,16,19-21H2,1-2H3/b18-17+/t25-,26+,27-,28+/m1/s1. The fourth-order valence-corrected chi connectivity index (χ4v) is 4.79. The molecule has 0 spiro atoms. The summed E-state index contributed by atoms with van der Waals surface area (Å²) in [4.78, 5) is 50.4. The number of carbonyl (C=O) groups is 4. The maximum atomic E-state index is 12.9. The highest BCUT2D eigenvalue weighted by atomic mass is 16.6. The van der Waals surface area contributed by atoms with Gasteiger partial charge in [-0.25, -0.2) is 9.59 Å². The van der Waals surface area contributed by atoms with Gasteiger partial charge in [0.1, 0.15) is 12.2 Å². The molecule has 1 aliphatic rings. The molecule has 2 aromatic carbocycles. The minimum atomic E-state index is -0.640. The molecule has 0 radical (unpaired) electrons. The first-order valence-electron chi connectivity index (χ1n) is 13.2. The van der Waals surface area contributed by atoms with Crippen LogP contribution in [0, 0.1) is 11.8 Å². The molecule has 202 valence electrons. The van der Waals surface area contributed by atoms with Gasteiger partial charge in [0.05, 0.1) is 18.2 Å². The van der Waals surface area contributed by atoms with E-state index < -0.39 is 30.1 Å². The summed E-state index contributed by atoms with van der Waals surface area (Å²) in [5.41, 5.74) is 0.809. The molecule has 4 atom stereocenters. The Hall–Kier alpha value is -3.74. The molecule has 0 N–H and O–H groups in total. The van der Waals surface area contributed by atoms with Crippen LogP contribution in [0.5, 0.6) is 0 Å². The molecule has 7 heteroatoms. The van der Waals surface area contributed by atoms with E-state index in [9.17, 15) is 19.2 Å². The van der Waals surface area contributed by atoms with Crippen LogP contribution >= 0.6 is 0 Å². The molecule has 38 heavy (non-hydrogen) atoms. The largest absolute Gasteiger partial charge is 0.469 e. The van der Waals surface area contributed by atoms with Crippen LogP contribution in [0.15, 0.2) is 72.8 Å². The lowest BCUT2D eigenvalue weighted by molar-refractivity contribution is -0.141. The molecular weight excluding hydrogens is 484 g/mol. The van der Waals surface area contributed by atoms with E-state index in [-0.39, 0.29) is 30.5 Å². The minimum Gasteiger partial charge on any atom is -0.469 e. The Morgan fingerprint density at radius 2 is 1.39 bits per heavy atom. The average Bonchev–Trinajstić information content (AvgIpc) is 3.26. The fraction of sp³-hybridized carbons (Fsp3) is 0.419. The second kappa shape index (κ2) is 14.9. The third kappa shape index (κ3) is 8.40. The Morgan fingerprint density at radius 1 is 0.816 bits per heavy atom. The first-order valence-corrected chi connectivity index (χ1v) is 13.2. The number of methoxy groups -OCH3 is 1. The molecule has 0 saturated heterocycles. The molecular formula is C31H36O7. The van der Waals surface area contributed by atoms with Crippen molar-refractivity contribution in [3.63, 3.8) is 0 Å². The Kier molecular flexibility index (Phi) is 11.3. The summed E-state index contributed by atoms with van der Waals surface area (Å²) in [6.45, 7) is 2.08. The van der Waals surface area contributed by atoms with Gasteiger partial charge in [-0.15, -0.1) is 0 Å². The van der Waals surface area contributed by atoms with Crippen LogP contribution in [0.2, 0.25) is 0 Å². The lowest BCUT2D eigenvalue weighted by Crippen LogP contribution is -2.27. The quantitative estimate of drug-likeness (QED) is 0.144. The number of benzene rings is 2. The van der Waals surface area contributed by atoms with Gasteiger partial charge in [-0.1, -0.05) is 62.2 Å². The molecule has 0 aliphatic heterocycles. The number of unbranched alkanes of at least 4 members (excludes halogenated alkanes) is 2. The zero-order chi connectivity index (χ0) is 27.3. The van der Waals surface area contributed by atoms with Crippen molar-refractivity contribution in [2.75, 3.05) is 7.11 Å². The molecule has 0 unspecified atom stereocenters. The van der Waals surface area contributed by atoms with E-state index in [1.165, 1.54) is 13.2 Å². The lowest BCUT2D eigenvalue weighted by Gasteiger charge is -2.24. The van der Waals surface area contributed by atoms with Crippen molar-refractivity contribution in [3.8, 4) is 0 Å². The molecule has 1 fully saturated rings. The summed E-state index contributed by atoms with van der Waals surface area (Å²) in [6.07, 6.45) is 5.97. The summed E-state index contributed by atoms with van der Waals surface area (Å²) in [7, 11) is 1.32. The number of esters is 3. The number of hydrogen-bond acceptors (Lipinski definition) is 7. The van der Waals surface area contributed by atoms with Crippen LogP contribution < -0.4 is 0 Å². The van der Waals surface area contributed by atoms with E-state index in [0.717, 1.165) is 19.3 Å². The van der Waals surface area contributed by atoms with Crippen molar-refractivity contribution in [1.82, 2.24) is 0 Å². The van der Waals surface area contributed by atoms with Gasteiger partial charge in [0.25, 0.3) is 0 Å². The number of ketones is 1. The fourth-order valence-electron chi connectivity index (χ4n) is 4.79. The SMILES string of the molecule is CCCCCC(=O)/C=C/[C@@H]1[C@H](CCC(=O)OC)[C@@H](OC(=O)c2ccccc2)C[C@H]1OC(=O)c1ccccc1. The van der Waals surface area contributed by atoms with Gasteiger partial charge in [-0.05, 0) is 43.2 Å². The zero-order valence-corrected chi connectivity index (χ0v) is 22.0. The van der Waals surface area contributed by atoms with Gasteiger partial charge in [0.15, 0.2) is 5.78 Å². The summed E-state index contributed by atoms with van der Waals surface area (Å²) in [5.74, 6) is -2.16. The highest BCUT2D eigenvalue weighted by molar-refractivity contribution is 5.90. The van der Waals surface area contributed by atoms with Crippen LogP contribution in [-0.2, 0) is 23.8 Å². The van der Waals surface area contributed by atoms with E-state index in [4.69, 9.17) is 14.2 Å². The third-order valence-corrected chi connectivity index (χ3v) is 6.84. The third-order valence-electron chi connectivity index (χ3n) is 6.84. The van der Waals surface area contributed by atoms with Crippen molar-refractivity contribution in [2.45, 2.75) is 64.1 Å². The van der Waals surface area contributed by atoms with E-state index in [0.29, 0.717) is 24.0 Å². The average molecular weight is 521 g/mol. The number of hydrogen-bond donors (Lipinski definition) is 0. The van der Waals surface area contributed by atoms with Crippen molar-refractivity contribution >= 4 is 23.7 Å². The van der Waals surface area contributed by atoms with Gasteiger partial charge in [0.2, 0.25) is 0 Å². The summed E-state index contributed by atoms with van der Waals surface area (Å²) in [6, 6.07) is 17.3. The second-order valence-electron chi connectivity index (χ2n) is 9.49. The van der Waals surface area contributed by atoms with Crippen molar-refractivity contribution in [3.05, 3.63) is 83.9 Å². The molecule has 1 saturated carbocycles. The Labute approximate surface area is 224 Å². The van der Waals surface area contributed by atoms with Crippen LogP contribution in [0.4, 0.5) is 0 Å². The monoisotopic (exact) mass is 520 g/mol. The van der Waals surface area contributed by atoms with E-state index in [1.54, 1.807) is 54.6 Å². The zero-order valence-electron chi connectivity index (χ0n) is 22.0. The first kappa shape index (κ1) is 28.8. The minimum absolute atomic E-state index is 0.0111. The highest BCUT2D eigenvalue weighted by Crippen LogP contribution is 2.41. The molecule has 0 bridgehead atoms. The topological polar surface area (TPSA) is 96.0 Å². The predicted octanol–water partition coefficient (Wildman–Crippen LogP) is 5.73. The van der Waals surface area contributed by atoms with Crippen LogP contribution in [-0.4, -0.2) is 43.0 Å². The Morgan fingerprint density at radius 3 is 1.95 bits per heavy atom. The van der Waals surface area contributed by atoms with Crippen LogP contribution in [0.3, 0.4) is 0 Å². The molecule has 3 rings (SSSR count). The maximum Gasteiger partial charge on any atom is 0.338 e. The normalized spacial score (nSPS) is 20.7. The van der Waals surface area contributed by atoms with Gasteiger partial charge < -0.3 is 14.2 Å². The van der Waals surface area contributed by atoms with Gasteiger partial charge in [-0.2, -0.15) is 0 Å². The number of carbonyl (C=O) groups excluding carboxylic acids is 4. The van der Waals surface area contributed by atoms with E-state index in [1.807, 2.05) is 12.1 Å². The van der Waals surface area contributed by atoms with Gasteiger partial charge in [0, 0.05) is 31.1 Å². The molecule has 0 heterocycles. The lowest BCUT2D eigenvalue weighted by atomic mass is 9.88. The molecule has 0 aromatic heterocycles. The number of ether oxygens (including phenoxy) is 3. The Balaban J connectivity index is 1.86. The maximum absolute atomic E-state index is 12.9. The van der Waals surface area contributed by atoms with Crippen LogP contribution in [0.1, 0.15) is 72.6 Å². The Bertz CT molecular complexity index is 1090. The first-order chi connectivity index (χ1) is 18.4. The van der Waals surface area contributed by atoms with Gasteiger partial charge >= 0.3 is 17.9 Å². The number of allylic oxidation sites excluding steroid dienone is 1. The second-order valence-corrected chi connectivity index (χ2v) is 9.49. The molecule has 2 aromatic rings. The van der Waals surface area contributed by atoms with Crippen LogP contribution in [0.25, 0.3) is 0 Å². The smallest absolute Gasteiger partial charge is 0.338 e. The van der Waals surface area contributed by atoms with Gasteiger partial charge in [-0.3, -0.25) is 9.59 Å². The summed E-state index contributed by atoms with van der Waals surface area (Å²) < 4.78 is 16.7. The molecule has 7 nitrogen and oxygen atoms in total. The summed E-state index contributed by atoms with van der Waals surface area (Å²) in [5, 5.41) is 0. The number of rotatable bonds is 13. The van der Waals surface area contributed by atoms with Crippen molar-refractivity contribution in [2.24, 2.45) is 11.8 Å². The summed E-state index contributed by atoms with van der Waals surface area (Å²) >= 11 is 0. The van der Waals surface area contributed by atoms with Crippen molar-refractivity contribution < 1.29 is 33.4 Å². The van der Waals surface area contributed by atoms with E-state index >= 15 is 0 Å². The highest BCUT2D eigenvalue weighted by Gasteiger charge is 2.46. The van der Waals surface area contributed by atoms with E-state index in [2.05, 4.69) is 6.92 Å². The predicted molar refractivity (Wildman–Crippen MR) is 142 cm³/mol. The molecule has 0 amide bonds. The molecule has 1 aliphatic carbocycles.